The summed E-state index contributed by atoms with van der Waals surface area (Å²) in [4.78, 5) is 14.3. The van der Waals surface area contributed by atoms with Crippen molar-refractivity contribution in [3.05, 3.63) is 76.6 Å². The Hall–Kier alpha value is -2.18. The maximum atomic E-state index is 13.5. The normalized spacial score (nSPS) is 18.7. The van der Waals surface area contributed by atoms with Gasteiger partial charge in [-0.3, -0.25) is 4.79 Å². The van der Waals surface area contributed by atoms with Crippen LogP contribution in [0.15, 0.2) is 54.6 Å². The molecule has 142 valence electrons. The topological polar surface area (TPSA) is 54.5 Å². The van der Waals surface area contributed by atoms with Gasteiger partial charge in [0.1, 0.15) is 5.82 Å². The second-order valence-corrected chi connectivity index (χ2v) is 9.20. The lowest BCUT2D eigenvalue weighted by atomic mass is 10.1. The van der Waals surface area contributed by atoms with Crippen molar-refractivity contribution < 1.29 is 17.6 Å². The van der Waals surface area contributed by atoms with Gasteiger partial charge in [0, 0.05) is 23.7 Å². The van der Waals surface area contributed by atoms with Gasteiger partial charge in [-0.1, -0.05) is 35.9 Å². The van der Waals surface area contributed by atoms with E-state index in [1.54, 1.807) is 42.5 Å². The fraction of sp³-hybridized carbons (Fsp3) is 0.250. The molecular weight excluding hydrogens is 389 g/mol. The summed E-state index contributed by atoms with van der Waals surface area (Å²) in [6.45, 7) is 0.155. The molecule has 1 atom stereocenters. The highest BCUT2D eigenvalue weighted by Gasteiger charge is 2.34. The van der Waals surface area contributed by atoms with Crippen molar-refractivity contribution >= 4 is 33.4 Å². The number of sulfone groups is 1. The summed E-state index contributed by atoms with van der Waals surface area (Å²) in [7, 11) is -3.15. The van der Waals surface area contributed by atoms with Crippen LogP contribution in [0.4, 0.5) is 4.39 Å². The van der Waals surface area contributed by atoms with Gasteiger partial charge in [-0.15, -0.1) is 0 Å². The molecular formula is C20H19ClFNO3S. The van der Waals surface area contributed by atoms with Crippen LogP contribution in [-0.4, -0.2) is 36.8 Å². The summed E-state index contributed by atoms with van der Waals surface area (Å²) in [6.07, 6.45) is 3.45. The number of carbonyl (C=O) groups is 1. The zero-order valence-electron chi connectivity index (χ0n) is 14.5. The van der Waals surface area contributed by atoms with Crippen LogP contribution in [0.5, 0.6) is 0 Å². The van der Waals surface area contributed by atoms with E-state index in [-0.39, 0.29) is 24.0 Å². The monoisotopic (exact) mass is 407 g/mol. The van der Waals surface area contributed by atoms with Crippen molar-refractivity contribution in [1.82, 2.24) is 4.90 Å². The Kier molecular flexibility index (Phi) is 5.97. The van der Waals surface area contributed by atoms with Crippen LogP contribution in [0, 0.1) is 5.82 Å². The van der Waals surface area contributed by atoms with E-state index in [0.29, 0.717) is 17.0 Å². The molecule has 0 unspecified atom stereocenters. The molecule has 1 saturated heterocycles. The number of amides is 1. The Bertz CT molecular complexity index is 957. The summed E-state index contributed by atoms with van der Waals surface area (Å²) in [6, 6.07) is 12.6. The van der Waals surface area contributed by atoms with Crippen molar-refractivity contribution in [2.45, 2.75) is 19.0 Å². The molecule has 0 saturated carbocycles. The molecule has 3 rings (SSSR count). The first-order valence-corrected chi connectivity index (χ1v) is 10.7. The Labute approximate surface area is 163 Å². The quantitative estimate of drug-likeness (QED) is 0.710. The average Bonchev–Trinajstić information content (AvgIpc) is 2.98. The lowest BCUT2D eigenvalue weighted by Crippen LogP contribution is -2.39. The summed E-state index contributed by atoms with van der Waals surface area (Å²) in [5, 5.41) is 0.599. The van der Waals surface area contributed by atoms with Crippen molar-refractivity contribution in [3.63, 3.8) is 0 Å². The third kappa shape index (κ3) is 5.40. The smallest absolute Gasteiger partial charge is 0.247 e. The van der Waals surface area contributed by atoms with Crippen LogP contribution >= 0.6 is 11.6 Å². The van der Waals surface area contributed by atoms with E-state index in [1.165, 1.54) is 23.1 Å². The van der Waals surface area contributed by atoms with Crippen LogP contribution in [0.25, 0.3) is 6.08 Å². The summed E-state index contributed by atoms with van der Waals surface area (Å²) >= 11 is 5.85. The maximum Gasteiger partial charge on any atom is 0.247 e. The number of rotatable bonds is 5. The highest BCUT2D eigenvalue weighted by Crippen LogP contribution is 2.21. The third-order valence-corrected chi connectivity index (χ3v) is 6.46. The Balaban J connectivity index is 1.81. The van der Waals surface area contributed by atoms with Gasteiger partial charge in [0.2, 0.25) is 5.91 Å². The molecule has 1 heterocycles. The Morgan fingerprint density at radius 3 is 2.59 bits per heavy atom. The molecule has 0 spiro atoms. The first-order valence-electron chi connectivity index (χ1n) is 8.51. The molecule has 4 nitrogen and oxygen atoms in total. The molecule has 7 heteroatoms. The molecule has 1 fully saturated rings. The van der Waals surface area contributed by atoms with Crippen LogP contribution in [-0.2, 0) is 21.2 Å². The van der Waals surface area contributed by atoms with Gasteiger partial charge in [0.25, 0.3) is 0 Å². The van der Waals surface area contributed by atoms with E-state index in [2.05, 4.69) is 0 Å². The number of carbonyl (C=O) groups excluding carboxylic acids is 1. The standard InChI is InChI=1S/C20H19ClFNO3S/c21-17-7-4-15(5-8-17)6-9-20(24)23(19-10-11-27(25,26)14-19)13-16-2-1-3-18(22)12-16/h1-9,12,19H,10-11,13-14H2/b9-6+/t19-/m1/s1. The van der Waals surface area contributed by atoms with Gasteiger partial charge < -0.3 is 4.90 Å². The van der Waals surface area contributed by atoms with Gasteiger partial charge in [-0.25, -0.2) is 12.8 Å². The number of hydrogen-bond acceptors (Lipinski definition) is 3. The maximum absolute atomic E-state index is 13.5. The summed E-state index contributed by atoms with van der Waals surface area (Å²) in [5.41, 5.74) is 1.42. The highest BCUT2D eigenvalue weighted by atomic mass is 35.5. The van der Waals surface area contributed by atoms with Gasteiger partial charge in [0.05, 0.1) is 11.5 Å². The van der Waals surface area contributed by atoms with Crippen LogP contribution < -0.4 is 0 Å². The van der Waals surface area contributed by atoms with Crippen molar-refractivity contribution in [2.75, 3.05) is 11.5 Å². The minimum Gasteiger partial charge on any atom is -0.331 e. The minimum atomic E-state index is -3.15. The van der Waals surface area contributed by atoms with Crippen molar-refractivity contribution in [2.24, 2.45) is 0 Å². The van der Waals surface area contributed by atoms with Crippen molar-refractivity contribution in [3.8, 4) is 0 Å². The average molecular weight is 408 g/mol. The van der Waals surface area contributed by atoms with Gasteiger partial charge in [-0.05, 0) is 47.9 Å². The minimum absolute atomic E-state index is 0.0610. The van der Waals surface area contributed by atoms with Gasteiger partial charge >= 0.3 is 0 Å². The predicted molar refractivity (Wildman–Crippen MR) is 104 cm³/mol. The number of benzene rings is 2. The van der Waals surface area contributed by atoms with E-state index >= 15 is 0 Å². The van der Waals surface area contributed by atoms with Crippen molar-refractivity contribution in [1.29, 1.82) is 0 Å². The summed E-state index contributed by atoms with van der Waals surface area (Å²) in [5.74, 6) is -0.708. The van der Waals surface area contributed by atoms with E-state index < -0.39 is 21.7 Å². The molecule has 27 heavy (non-hydrogen) atoms. The molecule has 0 radical (unpaired) electrons. The third-order valence-electron chi connectivity index (χ3n) is 4.46. The fourth-order valence-corrected chi connectivity index (χ4v) is 4.93. The second-order valence-electron chi connectivity index (χ2n) is 6.54. The highest BCUT2D eigenvalue weighted by molar-refractivity contribution is 7.91. The molecule has 1 aliphatic rings. The number of hydrogen-bond donors (Lipinski definition) is 0. The molecule has 2 aromatic carbocycles. The van der Waals surface area contributed by atoms with E-state index in [9.17, 15) is 17.6 Å². The molecule has 1 aliphatic heterocycles. The van der Waals surface area contributed by atoms with Gasteiger partial charge in [-0.2, -0.15) is 0 Å². The first kappa shape index (κ1) is 19.6. The predicted octanol–water partition coefficient (Wildman–Crippen LogP) is 3.71. The van der Waals surface area contributed by atoms with E-state index in [1.807, 2.05) is 0 Å². The first-order chi connectivity index (χ1) is 12.8. The SMILES string of the molecule is O=C(/C=C/c1ccc(Cl)cc1)N(Cc1cccc(F)c1)[C@@H]1CCS(=O)(=O)C1. The number of nitrogens with zero attached hydrogens (tertiary/aromatic N) is 1. The van der Waals surface area contributed by atoms with E-state index in [0.717, 1.165) is 5.56 Å². The fourth-order valence-electron chi connectivity index (χ4n) is 3.08. The molecule has 0 N–H and O–H groups in total. The van der Waals surface area contributed by atoms with Gasteiger partial charge in [0.15, 0.2) is 9.84 Å². The van der Waals surface area contributed by atoms with Crippen LogP contribution in [0.2, 0.25) is 5.02 Å². The molecule has 1 amide bonds. The Morgan fingerprint density at radius 2 is 1.96 bits per heavy atom. The zero-order chi connectivity index (χ0) is 19.4. The zero-order valence-corrected chi connectivity index (χ0v) is 16.1. The largest absolute Gasteiger partial charge is 0.331 e. The molecule has 0 bridgehead atoms. The number of halogens is 2. The molecule has 0 aromatic heterocycles. The second kappa shape index (κ2) is 8.23. The summed E-state index contributed by atoms with van der Waals surface area (Å²) < 4.78 is 37.2. The van der Waals surface area contributed by atoms with Crippen LogP contribution in [0.3, 0.4) is 0 Å². The lowest BCUT2D eigenvalue weighted by molar-refractivity contribution is -0.128. The molecule has 2 aromatic rings. The Morgan fingerprint density at radius 1 is 1.22 bits per heavy atom. The lowest BCUT2D eigenvalue weighted by Gasteiger charge is -2.27. The molecule has 0 aliphatic carbocycles. The van der Waals surface area contributed by atoms with Crippen LogP contribution in [0.1, 0.15) is 17.5 Å². The van der Waals surface area contributed by atoms with E-state index in [4.69, 9.17) is 11.6 Å².